The minimum Gasteiger partial charge on any atom is -0.385 e. The van der Waals surface area contributed by atoms with E-state index in [4.69, 9.17) is 4.74 Å². The maximum absolute atomic E-state index is 12.5. The lowest BCUT2D eigenvalue weighted by Crippen LogP contribution is -2.38. The molecule has 0 unspecified atom stereocenters. The Labute approximate surface area is 137 Å². The molecule has 1 aromatic heterocycles. The zero-order valence-electron chi connectivity index (χ0n) is 13.9. The molecule has 0 atom stereocenters. The summed E-state index contributed by atoms with van der Waals surface area (Å²) >= 11 is 0. The molecule has 0 bridgehead atoms. The van der Waals surface area contributed by atoms with Gasteiger partial charge in [-0.15, -0.1) is 0 Å². The van der Waals surface area contributed by atoms with Gasteiger partial charge in [-0.1, -0.05) is 6.92 Å². The number of aromatic nitrogens is 1. The number of hydrogen-bond donors (Lipinski definition) is 1. The maximum Gasteiger partial charge on any atom is 0.272 e. The molecule has 1 aliphatic rings. The Hall–Kier alpha value is -1.95. The van der Waals surface area contributed by atoms with Gasteiger partial charge in [-0.05, 0) is 37.3 Å². The quantitative estimate of drug-likeness (QED) is 0.811. The zero-order chi connectivity index (χ0) is 16.7. The van der Waals surface area contributed by atoms with E-state index in [1.165, 1.54) is 6.20 Å². The van der Waals surface area contributed by atoms with Gasteiger partial charge in [0.1, 0.15) is 5.69 Å². The average Bonchev–Trinajstić information content (AvgIpc) is 2.59. The second-order valence-electron chi connectivity index (χ2n) is 6.01. The molecule has 1 aromatic rings. The molecule has 1 saturated heterocycles. The number of carbonyl (C=O) groups is 2. The van der Waals surface area contributed by atoms with Crippen molar-refractivity contribution in [2.24, 2.45) is 5.92 Å². The fourth-order valence-electron chi connectivity index (χ4n) is 2.58. The largest absolute Gasteiger partial charge is 0.385 e. The van der Waals surface area contributed by atoms with Gasteiger partial charge in [0.15, 0.2) is 0 Å². The first-order valence-electron chi connectivity index (χ1n) is 8.14. The third kappa shape index (κ3) is 5.03. The first-order valence-corrected chi connectivity index (χ1v) is 8.14. The normalized spacial score (nSPS) is 15.5. The summed E-state index contributed by atoms with van der Waals surface area (Å²) in [6.07, 6.45) is 4.31. The van der Waals surface area contributed by atoms with Crippen molar-refractivity contribution in [3.05, 3.63) is 29.6 Å². The van der Waals surface area contributed by atoms with E-state index in [1.54, 1.807) is 19.2 Å². The van der Waals surface area contributed by atoms with Crippen molar-refractivity contribution in [3.8, 4) is 0 Å². The summed E-state index contributed by atoms with van der Waals surface area (Å²) in [5.41, 5.74) is 0.801. The molecule has 2 amide bonds. The van der Waals surface area contributed by atoms with E-state index in [9.17, 15) is 9.59 Å². The third-order valence-corrected chi connectivity index (χ3v) is 4.12. The highest BCUT2D eigenvalue weighted by atomic mass is 16.5. The molecule has 126 valence electrons. The highest BCUT2D eigenvalue weighted by molar-refractivity contribution is 5.98. The predicted molar refractivity (Wildman–Crippen MR) is 87.4 cm³/mol. The molecule has 1 N–H and O–H groups in total. The van der Waals surface area contributed by atoms with Crippen LogP contribution in [0.3, 0.4) is 0 Å². The van der Waals surface area contributed by atoms with Crippen LogP contribution in [0.25, 0.3) is 0 Å². The first-order chi connectivity index (χ1) is 11.1. The second-order valence-corrected chi connectivity index (χ2v) is 6.01. The summed E-state index contributed by atoms with van der Waals surface area (Å²) in [6.45, 7) is 4.87. The predicted octanol–water partition coefficient (Wildman–Crippen LogP) is 1.72. The highest BCUT2D eigenvalue weighted by Crippen LogP contribution is 2.17. The van der Waals surface area contributed by atoms with E-state index in [0.29, 0.717) is 30.3 Å². The van der Waals surface area contributed by atoms with Crippen LogP contribution in [-0.4, -0.2) is 55.0 Å². The van der Waals surface area contributed by atoms with Gasteiger partial charge >= 0.3 is 0 Å². The number of methoxy groups -OCH3 is 1. The lowest BCUT2D eigenvalue weighted by atomic mass is 9.99. The van der Waals surface area contributed by atoms with Crippen molar-refractivity contribution in [2.75, 3.05) is 33.4 Å². The van der Waals surface area contributed by atoms with Gasteiger partial charge < -0.3 is 15.0 Å². The number of amides is 2. The number of nitrogens with one attached hydrogen (secondary N) is 1. The van der Waals surface area contributed by atoms with Crippen LogP contribution < -0.4 is 5.32 Å². The molecule has 6 nitrogen and oxygen atoms in total. The van der Waals surface area contributed by atoms with Gasteiger partial charge in [-0.3, -0.25) is 14.6 Å². The summed E-state index contributed by atoms with van der Waals surface area (Å²) in [7, 11) is 1.63. The summed E-state index contributed by atoms with van der Waals surface area (Å²) < 4.78 is 4.94. The van der Waals surface area contributed by atoms with Gasteiger partial charge in [-0.2, -0.15) is 0 Å². The maximum atomic E-state index is 12.5. The van der Waals surface area contributed by atoms with E-state index < -0.39 is 0 Å². The van der Waals surface area contributed by atoms with Crippen LogP contribution in [0.1, 0.15) is 47.0 Å². The standard InChI is InChI=1S/C17H25N3O3/c1-13-5-9-20(10-6-13)17(22)15-12-14(4-8-18-15)16(21)19-7-3-11-23-2/h4,8,12-13H,3,5-7,9-11H2,1-2H3,(H,19,21). The lowest BCUT2D eigenvalue weighted by Gasteiger charge is -2.30. The molecule has 0 aromatic carbocycles. The van der Waals surface area contributed by atoms with Crippen LogP contribution in [0.15, 0.2) is 18.3 Å². The Morgan fingerprint density at radius 2 is 2.13 bits per heavy atom. The average molecular weight is 319 g/mol. The number of likely N-dealkylation sites (tertiary alicyclic amines) is 1. The van der Waals surface area contributed by atoms with Gasteiger partial charge in [0.25, 0.3) is 11.8 Å². The van der Waals surface area contributed by atoms with Crippen LogP contribution in [0.4, 0.5) is 0 Å². The molecular weight excluding hydrogens is 294 g/mol. The topological polar surface area (TPSA) is 71.5 Å². The van der Waals surface area contributed by atoms with Crippen molar-refractivity contribution in [2.45, 2.75) is 26.2 Å². The molecule has 0 aliphatic carbocycles. The van der Waals surface area contributed by atoms with Gasteiger partial charge in [0.2, 0.25) is 0 Å². The summed E-state index contributed by atoms with van der Waals surface area (Å²) in [6, 6.07) is 3.20. The number of hydrogen-bond acceptors (Lipinski definition) is 4. The second kappa shape index (κ2) is 8.62. The van der Waals surface area contributed by atoms with Gasteiger partial charge in [0, 0.05) is 45.1 Å². The van der Waals surface area contributed by atoms with E-state index >= 15 is 0 Å². The Kier molecular flexibility index (Phi) is 6.52. The first kappa shape index (κ1) is 17.4. The molecule has 1 aliphatic heterocycles. The Morgan fingerprint density at radius 3 is 2.83 bits per heavy atom. The lowest BCUT2D eigenvalue weighted by molar-refractivity contribution is 0.0691. The molecule has 2 rings (SSSR count). The molecule has 2 heterocycles. The van der Waals surface area contributed by atoms with Gasteiger partial charge in [0.05, 0.1) is 0 Å². The molecule has 23 heavy (non-hydrogen) atoms. The Bertz CT molecular complexity index is 540. The Morgan fingerprint density at radius 1 is 1.39 bits per heavy atom. The van der Waals surface area contributed by atoms with Crippen molar-refractivity contribution >= 4 is 11.8 Å². The fourth-order valence-corrected chi connectivity index (χ4v) is 2.58. The smallest absolute Gasteiger partial charge is 0.272 e. The molecular formula is C17H25N3O3. The highest BCUT2D eigenvalue weighted by Gasteiger charge is 2.22. The summed E-state index contributed by atoms with van der Waals surface area (Å²) in [5, 5.41) is 2.81. The Balaban J connectivity index is 1.96. The minimum absolute atomic E-state index is 0.0917. The van der Waals surface area contributed by atoms with Crippen molar-refractivity contribution in [3.63, 3.8) is 0 Å². The zero-order valence-corrected chi connectivity index (χ0v) is 13.9. The van der Waals surface area contributed by atoms with Crippen LogP contribution in [0, 0.1) is 5.92 Å². The van der Waals surface area contributed by atoms with E-state index in [2.05, 4.69) is 17.2 Å². The van der Waals surface area contributed by atoms with E-state index in [1.807, 2.05) is 4.90 Å². The number of rotatable bonds is 6. The van der Waals surface area contributed by atoms with Gasteiger partial charge in [-0.25, -0.2) is 0 Å². The SMILES string of the molecule is COCCCNC(=O)c1ccnc(C(=O)N2CCC(C)CC2)c1. The number of ether oxygens (including phenoxy) is 1. The molecule has 0 radical (unpaired) electrons. The summed E-state index contributed by atoms with van der Waals surface area (Å²) in [5.74, 6) is 0.381. The fraction of sp³-hybridized carbons (Fsp3) is 0.588. The number of piperidine rings is 1. The van der Waals surface area contributed by atoms with E-state index in [-0.39, 0.29) is 11.8 Å². The molecule has 0 spiro atoms. The monoisotopic (exact) mass is 319 g/mol. The molecule has 1 fully saturated rings. The third-order valence-electron chi connectivity index (χ3n) is 4.12. The number of nitrogens with zero attached hydrogens (tertiary/aromatic N) is 2. The van der Waals surface area contributed by atoms with Crippen molar-refractivity contribution in [1.82, 2.24) is 15.2 Å². The molecule has 0 saturated carbocycles. The summed E-state index contributed by atoms with van der Waals surface area (Å²) in [4.78, 5) is 30.5. The van der Waals surface area contributed by atoms with Crippen LogP contribution in [-0.2, 0) is 4.74 Å². The van der Waals surface area contributed by atoms with Crippen LogP contribution in [0.2, 0.25) is 0 Å². The number of carbonyl (C=O) groups excluding carboxylic acids is 2. The van der Waals surface area contributed by atoms with Crippen molar-refractivity contribution in [1.29, 1.82) is 0 Å². The van der Waals surface area contributed by atoms with Crippen molar-refractivity contribution < 1.29 is 14.3 Å². The van der Waals surface area contributed by atoms with Crippen LogP contribution in [0.5, 0.6) is 0 Å². The van der Waals surface area contributed by atoms with E-state index in [0.717, 1.165) is 32.4 Å². The molecule has 6 heteroatoms. The minimum atomic E-state index is -0.190. The van der Waals surface area contributed by atoms with Crippen LogP contribution >= 0.6 is 0 Å². The number of pyridine rings is 1.